The minimum absolute atomic E-state index is 0.0237. The Morgan fingerprint density at radius 1 is 1.12 bits per heavy atom. The van der Waals surface area contributed by atoms with Crippen LogP contribution in [0.25, 0.3) is 0 Å². The standard InChI is InChI=1S/C22H31N3O7/c1-5-9-10-15-18(21(26)31-8-4)19(24-22(27)23-15)14-12-16(25(28)29)20(32-11-6-2)17(13-14)30-7-3/h12-13,19H,5-11H2,1-4H3,(H2,23,24,27). The first-order valence-electron chi connectivity index (χ1n) is 10.9. The van der Waals surface area contributed by atoms with Gasteiger partial charge in [-0.25, -0.2) is 9.59 Å². The molecule has 0 saturated carbocycles. The molecule has 1 unspecified atom stereocenters. The zero-order valence-electron chi connectivity index (χ0n) is 19.0. The topological polar surface area (TPSA) is 129 Å². The van der Waals surface area contributed by atoms with E-state index in [1.54, 1.807) is 19.9 Å². The molecule has 1 aromatic carbocycles. The number of amides is 2. The van der Waals surface area contributed by atoms with Crippen LogP contribution in [0.5, 0.6) is 11.5 Å². The van der Waals surface area contributed by atoms with Gasteiger partial charge in [0.1, 0.15) is 0 Å². The van der Waals surface area contributed by atoms with Crippen molar-refractivity contribution in [2.45, 2.75) is 59.4 Å². The van der Waals surface area contributed by atoms with Crippen LogP contribution in [-0.4, -0.2) is 36.7 Å². The highest BCUT2D eigenvalue weighted by molar-refractivity contribution is 5.95. The number of nitro groups is 1. The summed E-state index contributed by atoms with van der Waals surface area (Å²) < 4.78 is 16.5. The summed E-state index contributed by atoms with van der Waals surface area (Å²) in [4.78, 5) is 36.5. The van der Waals surface area contributed by atoms with Crippen molar-refractivity contribution >= 4 is 17.7 Å². The van der Waals surface area contributed by atoms with E-state index < -0.39 is 23.0 Å². The molecule has 2 N–H and O–H groups in total. The van der Waals surface area contributed by atoms with Gasteiger partial charge < -0.3 is 24.8 Å². The lowest BCUT2D eigenvalue weighted by Crippen LogP contribution is -2.46. The lowest BCUT2D eigenvalue weighted by molar-refractivity contribution is -0.386. The van der Waals surface area contributed by atoms with Crippen molar-refractivity contribution in [2.75, 3.05) is 19.8 Å². The summed E-state index contributed by atoms with van der Waals surface area (Å²) in [5, 5.41) is 17.2. The van der Waals surface area contributed by atoms with Gasteiger partial charge in [0.05, 0.1) is 36.4 Å². The molecular weight excluding hydrogens is 418 g/mol. The number of nitro benzene ring substituents is 1. The molecule has 0 radical (unpaired) electrons. The number of nitrogens with zero attached hydrogens (tertiary/aromatic N) is 1. The van der Waals surface area contributed by atoms with Crippen LogP contribution < -0.4 is 20.1 Å². The van der Waals surface area contributed by atoms with Crippen LogP contribution >= 0.6 is 0 Å². The molecule has 1 heterocycles. The second kappa shape index (κ2) is 11.9. The number of carbonyl (C=O) groups is 2. The van der Waals surface area contributed by atoms with Crippen molar-refractivity contribution in [1.82, 2.24) is 10.6 Å². The molecule has 0 aromatic heterocycles. The quantitative estimate of drug-likeness (QED) is 0.279. The number of esters is 1. The molecule has 1 aliphatic rings. The zero-order chi connectivity index (χ0) is 23.7. The third-order valence-electron chi connectivity index (χ3n) is 4.77. The van der Waals surface area contributed by atoms with Gasteiger partial charge in [-0.05, 0) is 44.7 Å². The van der Waals surface area contributed by atoms with Gasteiger partial charge in [-0.15, -0.1) is 0 Å². The first kappa shape index (κ1) is 25.0. The maximum absolute atomic E-state index is 12.8. The Balaban J connectivity index is 2.68. The summed E-state index contributed by atoms with van der Waals surface area (Å²) in [5.74, 6) is -0.394. The molecule has 10 heteroatoms. The lowest BCUT2D eigenvalue weighted by atomic mass is 9.92. The van der Waals surface area contributed by atoms with Crippen LogP contribution in [0, 0.1) is 10.1 Å². The molecule has 2 rings (SSSR count). The van der Waals surface area contributed by atoms with Gasteiger partial charge in [0.2, 0.25) is 5.75 Å². The lowest BCUT2D eigenvalue weighted by Gasteiger charge is -2.29. The van der Waals surface area contributed by atoms with E-state index in [9.17, 15) is 19.7 Å². The summed E-state index contributed by atoms with van der Waals surface area (Å²) in [6.07, 6.45) is 2.73. The summed E-state index contributed by atoms with van der Waals surface area (Å²) >= 11 is 0. The molecular formula is C22H31N3O7. The van der Waals surface area contributed by atoms with E-state index in [-0.39, 0.29) is 42.6 Å². The highest BCUT2D eigenvalue weighted by Gasteiger charge is 2.36. The smallest absolute Gasteiger partial charge is 0.338 e. The molecule has 176 valence electrons. The number of urea groups is 1. The highest BCUT2D eigenvalue weighted by atomic mass is 16.6. The van der Waals surface area contributed by atoms with Gasteiger partial charge in [-0.3, -0.25) is 10.1 Å². The van der Waals surface area contributed by atoms with Crippen LogP contribution in [0.2, 0.25) is 0 Å². The van der Waals surface area contributed by atoms with E-state index in [1.165, 1.54) is 6.07 Å². The summed E-state index contributed by atoms with van der Waals surface area (Å²) in [7, 11) is 0. The maximum Gasteiger partial charge on any atom is 0.338 e. The Morgan fingerprint density at radius 2 is 1.88 bits per heavy atom. The summed E-state index contributed by atoms with van der Waals surface area (Å²) in [5.41, 5.74) is 0.700. The third kappa shape index (κ3) is 5.89. The van der Waals surface area contributed by atoms with Crippen molar-refractivity contribution in [1.29, 1.82) is 0 Å². The molecule has 2 amide bonds. The van der Waals surface area contributed by atoms with Crippen molar-refractivity contribution < 1.29 is 28.7 Å². The number of ether oxygens (including phenoxy) is 3. The SMILES string of the molecule is CCCCC1=C(C(=O)OCC)C(c2cc(OCC)c(OCCC)c([N+](=O)[O-])c2)NC(=O)N1. The largest absolute Gasteiger partial charge is 0.490 e. The minimum Gasteiger partial charge on any atom is -0.490 e. The fraction of sp³-hybridized carbons (Fsp3) is 0.545. The molecule has 0 bridgehead atoms. The van der Waals surface area contributed by atoms with E-state index in [1.807, 2.05) is 13.8 Å². The molecule has 0 fully saturated rings. The molecule has 1 aromatic rings. The molecule has 10 nitrogen and oxygen atoms in total. The van der Waals surface area contributed by atoms with E-state index in [0.717, 1.165) is 12.8 Å². The van der Waals surface area contributed by atoms with Crippen LogP contribution in [0.3, 0.4) is 0 Å². The number of allylic oxidation sites excluding steroid dienone is 1. The summed E-state index contributed by atoms with van der Waals surface area (Å²) in [6, 6.07) is 1.43. The zero-order valence-corrected chi connectivity index (χ0v) is 19.0. The fourth-order valence-corrected chi connectivity index (χ4v) is 3.39. The maximum atomic E-state index is 12.8. The van der Waals surface area contributed by atoms with Crippen LogP contribution in [0.1, 0.15) is 65.0 Å². The first-order valence-corrected chi connectivity index (χ1v) is 10.9. The monoisotopic (exact) mass is 449 g/mol. The van der Waals surface area contributed by atoms with Crippen LogP contribution in [-0.2, 0) is 9.53 Å². The molecule has 32 heavy (non-hydrogen) atoms. The molecule has 1 aliphatic heterocycles. The summed E-state index contributed by atoms with van der Waals surface area (Å²) in [6.45, 7) is 8.01. The fourth-order valence-electron chi connectivity index (χ4n) is 3.39. The van der Waals surface area contributed by atoms with Gasteiger partial charge in [-0.1, -0.05) is 20.3 Å². The van der Waals surface area contributed by atoms with Crippen molar-refractivity contribution in [3.63, 3.8) is 0 Å². The average Bonchev–Trinajstić information content (AvgIpc) is 2.76. The number of carbonyl (C=O) groups excluding carboxylic acids is 2. The second-order valence-corrected chi connectivity index (χ2v) is 7.15. The van der Waals surface area contributed by atoms with Gasteiger partial charge in [0, 0.05) is 11.8 Å². The number of nitrogens with one attached hydrogen (secondary N) is 2. The molecule has 1 atom stereocenters. The Labute approximate surface area is 187 Å². The van der Waals surface area contributed by atoms with Crippen molar-refractivity contribution in [3.05, 3.63) is 39.1 Å². The Hall–Kier alpha value is -3.30. The predicted molar refractivity (Wildman–Crippen MR) is 118 cm³/mol. The molecule has 0 spiro atoms. The first-order chi connectivity index (χ1) is 15.4. The number of benzene rings is 1. The molecule has 0 aliphatic carbocycles. The van der Waals surface area contributed by atoms with Gasteiger partial charge in [0.15, 0.2) is 5.75 Å². The number of hydrogen-bond acceptors (Lipinski definition) is 7. The van der Waals surface area contributed by atoms with Crippen LogP contribution in [0.4, 0.5) is 10.5 Å². The van der Waals surface area contributed by atoms with E-state index in [0.29, 0.717) is 24.1 Å². The predicted octanol–water partition coefficient (Wildman–Crippen LogP) is 4.14. The Kier molecular flexibility index (Phi) is 9.30. The highest BCUT2D eigenvalue weighted by Crippen LogP contribution is 2.42. The van der Waals surface area contributed by atoms with Crippen molar-refractivity contribution in [2.24, 2.45) is 0 Å². The van der Waals surface area contributed by atoms with Crippen molar-refractivity contribution in [3.8, 4) is 11.5 Å². The number of rotatable bonds is 12. The van der Waals surface area contributed by atoms with E-state index in [2.05, 4.69) is 10.6 Å². The Bertz CT molecular complexity index is 883. The Morgan fingerprint density at radius 3 is 2.47 bits per heavy atom. The van der Waals surface area contributed by atoms with E-state index in [4.69, 9.17) is 14.2 Å². The average molecular weight is 450 g/mol. The van der Waals surface area contributed by atoms with Crippen LogP contribution in [0.15, 0.2) is 23.4 Å². The normalized spacial score (nSPS) is 15.6. The van der Waals surface area contributed by atoms with Gasteiger partial charge in [-0.2, -0.15) is 0 Å². The van der Waals surface area contributed by atoms with Gasteiger partial charge in [0.25, 0.3) is 0 Å². The minimum atomic E-state index is -0.937. The second-order valence-electron chi connectivity index (χ2n) is 7.15. The molecule has 0 saturated heterocycles. The number of hydrogen-bond donors (Lipinski definition) is 2. The third-order valence-corrected chi connectivity index (χ3v) is 4.77. The van der Waals surface area contributed by atoms with E-state index >= 15 is 0 Å². The number of unbranched alkanes of at least 4 members (excludes halogenated alkanes) is 1. The van der Waals surface area contributed by atoms with Gasteiger partial charge >= 0.3 is 17.7 Å².